The minimum absolute atomic E-state index is 0.243. The maximum absolute atomic E-state index is 12.5. The molecule has 0 spiro atoms. The fourth-order valence-electron chi connectivity index (χ4n) is 3.73. The van der Waals surface area contributed by atoms with Crippen LogP contribution in [0.15, 0.2) is 12.2 Å². The second kappa shape index (κ2) is 16.5. The first kappa shape index (κ1) is 25.7. The van der Waals surface area contributed by atoms with E-state index in [4.69, 9.17) is 9.47 Å². The summed E-state index contributed by atoms with van der Waals surface area (Å²) in [6.07, 6.45) is 19.2. The number of unbranched alkanes of at least 4 members (excludes halogenated alkanes) is 10. The second-order valence-corrected chi connectivity index (χ2v) is 8.86. The lowest BCUT2D eigenvalue weighted by molar-refractivity contribution is -0.160. The molecule has 4 heteroatoms. The fraction of sp³-hybridized carbons (Fsp3) is 0.840. The lowest BCUT2D eigenvalue weighted by atomic mass is 9.84. The molecule has 0 radical (unpaired) electrons. The molecule has 2 atom stereocenters. The van der Waals surface area contributed by atoms with Crippen LogP contribution < -0.4 is 0 Å². The minimum atomic E-state index is -0.493. The van der Waals surface area contributed by atoms with Gasteiger partial charge in [0.05, 0.1) is 25.0 Å². The average Bonchev–Trinajstić information content (AvgIpc) is 2.72. The SMILES string of the molecule is CCCCCCCCCCCCCOC(=O)C1CCC=CC1C(=O)OCC(C)C. The molecule has 1 aliphatic carbocycles. The van der Waals surface area contributed by atoms with Crippen molar-refractivity contribution in [3.05, 3.63) is 12.2 Å². The Labute approximate surface area is 178 Å². The topological polar surface area (TPSA) is 52.6 Å². The van der Waals surface area contributed by atoms with Crippen molar-refractivity contribution in [2.24, 2.45) is 17.8 Å². The minimum Gasteiger partial charge on any atom is -0.465 e. The van der Waals surface area contributed by atoms with Gasteiger partial charge in [-0.2, -0.15) is 0 Å². The summed E-state index contributed by atoms with van der Waals surface area (Å²) >= 11 is 0. The van der Waals surface area contributed by atoms with Gasteiger partial charge in [0.1, 0.15) is 0 Å². The molecule has 0 heterocycles. The Morgan fingerprint density at radius 2 is 1.45 bits per heavy atom. The van der Waals surface area contributed by atoms with Gasteiger partial charge < -0.3 is 9.47 Å². The van der Waals surface area contributed by atoms with Gasteiger partial charge in [-0.15, -0.1) is 0 Å². The molecule has 168 valence electrons. The van der Waals surface area contributed by atoms with Crippen LogP contribution in [0.5, 0.6) is 0 Å². The summed E-state index contributed by atoms with van der Waals surface area (Å²) < 4.78 is 10.8. The van der Waals surface area contributed by atoms with Gasteiger partial charge >= 0.3 is 11.9 Å². The van der Waals surface area contributed by atoms with Crippen LogP contribution in [0.2, 0.25) is 0 Å². The molecule has 0 fully saturated rings. The van der Waals surface area contributed by atoms with Crippen molar-refractivity contribution < 1.29 is 19.1 Å². The Bertz CT molecular complexity index is 469. The van der Waals surface area contributed by atoms with Crippen molar-refractivity contribution >= 4 is 11.9 Å². The van der Waals surface area contributed by atoms with Crippen LogP contribution in [0.4, 0.5) is 0 Å². The van der Waals surface area contributed by atoms with Gasteiger partial charge in [0, 0.05) is 0 Å². The van der Waals surface area contributed by atoms with E-state index in [0.29, 0.717) is 19.6 Å². The molecule has 0 aromatic heterocycles. The molecule has 4 nitrogen and oxygen atoms in total. The zero-order valence-electron chi connectivity index (χ0n) is 19.1. The van der Waals surface area contributed by atoms with E-state index in [9.17, 15) is 9.59 Å². The largest absolute Gasteiger partial charge is 0.465 e. The molecule has 0 aliphatic heterocycles. The van der Waals surface area contributed by atoms with Crippen LogP contribution in [0.1, 0.15) is 104 Å². The smallest absolute Gasteiger partial charge is 0.313 e. The number of ether oxygens (including phenoxy) is 2. The number of rotatable bonds is 16. The van der Waals surface area contributed by atoms with Crippen LogP contribution in [-0.2, 0) is 19.1 Å². The molecule has 0 saturated heterocycles. The van der Waals surface area contributed by atoms with Gasteiger partial charge in [-0.25, -0.2) is 0 Å². The standard InChI is InChI=1S/C25H44O4/c1-4-5-6-7-8-9-10-11-12-13-16-19-28-24(26)22-17-14-15-18-23(22)25(27)29-20-21(2)3/h15,18,21-23H,4-14,16-17,19-20H2,1-3H3. The summed E-state index contributed by atoms with van der Waals surface area (Å²) in [5.41, 5.74) is 0. The van der Waals surface area contributed by atoms with Crippen molar-refractivity contribution in [2.75, 3.05) is 13.2 Å². The molecule has 0 amide bonds. The monoisotopic (exact) mass is 408 g/mol. The summed E-state index contributed by atoms with van der Waals surface area (Å²) in [6.45, 7) is 7.12. The normalized spacial score (nSPS) is 18.8. The lowest BCUT2D eigenvalue weighted by Crippen LogP contribution is -2.33. The molecule has 1 aliphatic rings. The number of allylic oxidation sites excluding steroid dienone is 1. The van der Waals surface area contributed by atoms with Crippen LogP contribution >= 0.6 is 0 Å². The molecule has 1 rings (SSSR count). The molecule has 0 saturated carbocycles. The van der Waals surface area contributed by atoms with E-state index in [1.54, 1.807) is 0 Å². The van der Waals surface area contributed by atoms with Crippen LogP contribution in [-0.4, -0.2) is 25.2 Å². The van der Waals surface area contributed by atoms with Crippen molar-refractivity contribution in [2.45, 2.75) is 104 Å². The Kier molecular flexibility index (Phi) is 14.6. The average molecular weight is 409 g/mol. The summed E-state index contributed by atoms with van der Waals surface area (Å²) in [4.78, 5) is 24.8. The highest BCUT2D eigenvalue weighted by Gasteiger charge is 2.35. The van der Waals surface area contributed by atoms with E-state index in [0.717, 1.165) is 19.3 Å². The van der Waals surface area contributed by atoms with Crippen LogP contribution in [0.3, 0.4) is 0 Å². The van der Waals surface area contributed by atoms with Gasteiger partial charge in [-0.1, -0.05) is 97.1 Å². The van der Waals surface area contributed by atoms with Gasteiger partial charge in [0.2, 0.25) is 0 Å². The number of carbonyl (C=O) groups excluding carboxylic acids is 2. The molecule has 0 N–H and O–H groups in total. The summed E-state index contributed by atoms with van der Waals surface area (Å²) in [5, 5.41) is 0. The van der Waals surface area contributed by atoms with Crippen molar-refractivity contribution in [1.29, 1.82) is 0 Å². The third-order valence-corrected chi connectivity index (χ3v) is 5.55. The van der Waals surface area contributed by atoms with Gasteiger partial charge in [-0.3, -0.25) is 9.59 Å². The fourth-order valence-corrected chi connectivity index (χ4v) is 3.73. The highest BCUT2D eigenvalue weighted by molar-refractivity contribution is 5.83. The Hall–Kier alpha value is -1.32. The predicted octanol–water partition coefficient (Wildman–Crippen LogP) is 6.62. The summed E-state index contributed by atoms with van der Waals surface area (Å²) in [5.74, 6) is -1.14. The van der Waals surface area contributed by atoms with E-state index < -0.39 is 11.8 Å². The maximum Gasteiger partial charge on any atom is 0.313 e. The quantitative estimate of drug-likeness (QED) is 0.163. The van der Waals surface area contributed by atoms with Gasteiger partial charge in [-0.05, 0) is 25.2 Å². The Morgan fingerprint density at radius 3 is 2.03 bits per heavy atom. The highest BCUT2D eigenvalue weighted by atomic mass is 16.5. The first-order valence-corrected chi connectivity index (χ1v) is 12.1. The lowest BCUT2D eigenvalue weighted by Gasteiger charge is -2.25. The van der Waals surface area contributed by atoms with E-state index in [1.807, 2.05) is 26.0 Å². The third-order valence-electron chi connectivity index (χ3n) is 5.55. The first-order chi connectivity index (χ1) is 14.1. The second-order valence-electron chi connectivity index (χ2n) is 8.86. The van der Waals surface area contributed by atoms with E-state index >= 15 is 0 Å². The Morgan fingerprint density at radius 1 is 0.862 bits per heavy atom. The van der Waals surface area contributed by atoms with Crippen LogP contribution in [0, 0.1) is 17.8 Å². The number of carbonyl (C=O) groups is 2. The number of hydrogen-bond acceptors (Lipinski definition) is 4. The van der Waals surface area contributed by atoms with Crippen molar-refractivity contribution in [3.63, 3.8) is 0 Å². The van der Waals surface area contributed by atoms with Crippen molar-refractivity contribution in [3.8, 4) is 0 Å². The van der Waals surface area contributed by atoms with E-state index in [1.165, 1.54) is 57.8 Å². The summed E-state index contributed by atoms with van der Waals surface area (Å²) in [7, 11) is 0. The molecule has 0 aromatic carbocycles. The first-order valence-electron chi connectivity index (χ1n) is 12.1. The zero-order valence-corrected chi connectivity index (χ0v) is 19.1. The van der Waals surface area contributed by atoms with E-state index in [-0.39, 0.29) is 17.9 Å². The van der Waals surface area contributed by atoms with Crippen molar-refractivity contribution in [1.82, 2.24) is 0 Å². The molecule has 29 heavy (non-hydrogen) atoms. The maximum atomic E-state index is 12.5. The molecule has 0 aromatic rings. The molecular formula is C25H44O4. The third kappa shape index (κ3) is 12.1. The highest BCUT2D eigenvalue weighted by Crippen LogP contribution is 2.27. The molecular weight excluding hydrogens is 364 g/mol. The zero-order chi connectivity index (χ0) is 21.3. The predicted molar refractivity (Wildman–Crippen MR) is 119 cm³/mol. The number of esters is 2. The summed E-state index contributed by atoms with van der Waals surface area (Å²) in [6, 6.07) is 0. The molecule has 0 bridgehead atoms. The van der Waals surface area contributed by atoms with Gasteiger partial charge in [0.25, 0.3) is 0 Å². The van der Waals surface area contributed by atoms with E-state index in [2.05, 4.69) is 6.92 Å². The number of hydrogen-bond donors (Lipinski definition) is 0. The molecule has 2 unspecified atom stereocenters. The Balaban J connectivity index is 2.12. The van der Waals surface area contributed by atoms with Crippen LogP contribution in [0.25, 0.3) is 0 Å². The van der Waals surface area contributed by atoms with Gasteiger partial charge in [0.15, 0.2) is 0 Å².